The van der Waals surface area contributed by atoms with Crippen molar-refractivity contribution < 1.29 is 14.6 Å². The minimum Gasteiger partial charge on any atom is -0.293 e. The van der Waals surface area contributed by atoms with E-state index in [4.69, 9.17) is 0 Å². The molecule has 0 spiro atoms. The van der Waals surface area contributed by atoms with Crippen molar-refractivity contribution in [3.63, 3.8) is 0 Å². The molecule has 3 heteroatoms. The van der Waals surface area contributed by atoms with Crippen LogP contribution in [0.3, 0.4) is 0 Å². The summed E-state index contributed by atoms with van der Waals surface area (Å²) < 4.78 is 0. The highest BCUT2D eigenvalue weighted by Gasteiger charge is 2.13. The van der Waals surface area contributed by atoms with Crippen molar-refractivity contribution in [2.75, 3.05) is 6.61 Å². The predicted molar refractivity (Wildman–Crippen MR) is 52.6 cm³/mol. The largest absolute Gasteiger partial charge is 0.373 e. The molecular formula is C11H13O3. The SMILES string of the molecule is [CH2]COOC(=O)c1c(C)cccc1C. The Bertz CT molecular complexity index is 311. The normalized spacial score (nSPS) is 9.93. The van der Waals surface area contributed by atoms with Gasteiger partial charge in [0, 0.05) is 0 Å². The van der Waals surface area contributed by atoms with Gasteiger partial charge in [0.25, 0.3) is 0 Å². The molecule has 1 aromatic rings. The van der Waals surface area contributed by atoms with E-state index in [1.165, 1.54) is 0 Å². The van der Waals surface area contributed by atoms with E-state index in [1.807, 2.05) is 32.0 Å². The van der Waals surface area contributed by atoms with Gasteiger partial charge in [0.05, 0.1) is 12.2 Å². The van der Waals surface area contributed by atoms with Gasteiger partial charge in [-0.25, -0.2) is 4.79 Å². The van der Waals surface area contributed by atoms with E-state index in [0.29, 0.717) is 5.56 Å². The number of carbonyl (C=O) groups is 1. The summed E-state index contributed by atoms with van der Waals surface area (Å²) in [6, 6.07) is 5.60. The molecule has 0 atom stereocenters. The molecule has 0 heterocycles. The maximum atomic E-state index is 11.5. The maximum absolute atomic E-state index is 11.5. The summed E-state index contributed by atoms with van der Waals surface area (Å²) in [5, 5.41) is 0. The lowest BCUT2D eigenvalue weighted by Gasteiger charge is -2.07. The molecule has 0 fully saturated rings. The summed E-state index contributed by atoms with van der Waals surface area (Å²) in [6.45, 7) is 7.21. The zero-order valence-corrected chi connectivity index (χ0v) is 8.37. The molecule has 0 N–H and O–H groups in total. The molecule has 0 saturated heterocycles. The van der Waals surface area contributed by atoms with Crippen LogP contribution in [0.2, 0.25) is 0 Å². The molecule has 1 aromatic carbocycles. The number of carbonyl (C=O) groups excluding carboxylic acids is 1. The van der Waals surface area contributed by atoms with E-state index in [9.17, 15) is 4.79 Å². The van der Waals surface area contributed by atoms with Crippen molar-refractivity contribution >= 4 is 5.97 Å². The third kappa shape index (κ3) is 2.33. The lowest BCUT2D eigenvalue weighted by atomic mass is 10.0. The maximum Gasteiger partial charge on any atom is 0.373 e. The fourth-order valence-electron chi connectivity index (χ4n) is 1.27. The molecule has 3 nitrogen and oxygen atoms in total. The molecule has 0 aromatic heterocycles. The Balaban J connectivity index is 2.89. The molecule has 1 rings (SSSR count). The van der Waals surface area contributed by atoms with Gasteiger partial charge in [-0.3, -0.25) is 4.89 Å². The average Bonchev–Trinajstić information content (AvgIpc) is 2.14. The third-order valence-corrected chi connectivity index (χ3v) is 1.90. The summed E-state index contributed by atoms with van der Waals surface area (Å²) in [4.78, 5) is 20.5. The van der Waals surface area contributed by atoms with Crippen LogP contribution < -0.4 is 0 Å². The average molecular weight is 193 g/mol. The van der Waals surface area contributed by atoms with Crippen LogP contribution in [-0.2, 0) is 9.78 Å². The van der Waals surface area contributed by atoms with Crippen LogP contribution in [-0.4, -0.2) is 12.6 Å². The van der Waals surface area contributed by atoms with Crippen LogP contribution in [0, 0.1) is 20.8 Å². The lowest BCUT2D eigenvalue weighted by Crippen LogP contribution is -2.09. The van der Waals surface area contributed by atoms with Crippen LogP contribution >= 0.6 is 0 Å². The van der Waals surface area contributed by atoms with Gasteiger partial charge in [0.2, 0.25) is 0 Å². The summed E-state index contributed by atoms with van der Waals surface area (Å²) in [6.07, 6.45) is 0. The van der Waals surface area contributed by atoms with Crippen LogP contribution in [0.4, 0.5) is 0 Å². The minimum atomic E-state index is -0.468. The number of hydrogen-bond donors (Lipinski definition) is 0. The minimum absolute atomic E-state index is 0.108. The molecule has 75 valence electrons. The van der Waals surface area contributed by atoms with Gasteiger partial charge in [-0.1, -0.05) is 18.2 Å². The fourth-order valence-corrected chi connectivity index (χ4v) is 1.27. The molecule has 0 saturated carbocycles. The summed E-state index contributed by atoms with van der Waals surface area (Å²) in [7, 11) is 0. The fraction of sp³-hybridized carbons (Fsp3) is 0.273. The highest BCUT2D eigenvalue weighted by Crippen LogP contribution is 2.14. The molecule has 1 radical (unpaired) electrons. The number of benzene rings is 1. The Kier molecular flexibility index (Phi) is 3.65. The number of rotatable bonds is 3. The summed E-state index contributed by atoms with van der Waals surface area (Å²) >= 11 is 0. The Hall–Kier alpha value is -1.35. The van der Waals surface area contributed by atoms with Gasteiger partial charge in [0.15, 0.2) is 0 Å². The van der Waals surface area contributed by atoms with Crippen molar-refractivity contribution in [3.05, 3.63) is 41.8 Å². The van der Waals surface area contributed by atoms with Crippen LogP contribution in [0.1, 0.15) is 21.5 Å². The van der Waals surface area contributed by atoms with Crippen molar-refractivity contribution in [1.29, 1.82) is 0 Å². The Morgan fingerprint density at radius 1 is 1.36 bits per heavy atom. The lowest BCUT2D eigenvalue weighted by molar-refractivity contribution is -0.232. The molecule has 0 bridgehead atoms. The Labute approximate surface area is 83.6 Å². The second-order valence-corrected chi connectivity index (χ2v) is 2.96. The zero-order valence-electron chi connectivity index (χ0n) is 8.37. The Morgan fingerprint density at radius 3 is 2.43 bits per heavy atom. The van der Waals surface area contributed by atoms with Crippen LogP contribution in [0.5, 0.6) is 0 Å². The number of hydrogen-bond acceptors (Lipinski definition) is 3. The van der Waals surface area contributed by atoms with Gasteiger partial charge in [-0.15, -0.1) is 0 Å². The van der Waals surface area contributed by atoms with E-state index in [1.54, 1.807) is 0 Å². The first-order chi connectivity index (χ1) is 6.66. The smallest absolute Gasteiger partial charge is 0.293 e. The van der Waals surface area contributed by atoms with Crippen molar-refractivity contribution in [2.45, 2.75) is 13.8 Å². The molecule has 0 unspecified atom stereocenters. The second-order valence-electron chi connectivity index (χ2n) is 2.96. The quantitative estimate of drug-likeness (QED) is 0.545. The number of aryl methyl sites for hydroxylation is 2. The molecule has 0 amide bonds. The summed E-state index contributed by atoms with van der Waals surface area (Å²) in [5.74, 6) is -0.468. The molecule has 0 aliphatic carbocycles. The van der Waals surface area contributed by atoms with Crippen LogP contribution in [0.25, 0.3) is 0 Å². The van der Waals surface area contributed by atoms with E-state index < -0.39 is 5.97 Å². The first-order valence-corrected chi connectivity index (χ1v) is 4.36. The monoisotopic (exact) mass is 193 g/mol. The van der Waals surface area contributed by atoms with Gasteiger partial charge < -0.3 is 0 Å². The van der Waals surface area contributed by atoms with E-state index in [2.05, 4.69) is 16.7 Å². The standard InChI is InChI=1S/C11H13O3/c1-4-13-14-11(12)10-8(2)6-5-7-9(10)3/h5-7H,1,4H2,2-3H3. The third-order valence-electron chi connectivity index (χ3n) is 1.90. The molecule has 14 heavy (non-hydrogen) atoms. The highest BCUT2D eigenvalue weighted by atomic mass is 17.2. The van der Waals surface area contributed by atoms with Crippen LogP contribution in [0.15, 0.2) is 18.2 Å². The van der Waals surface area contributed by atoms with E-state index >= 15 is 0 Å². The first-order valence-electron chi connectivity index (χ1n) is 4.36. The topological polar surface area (TPSA) is 35.5 Å². The van der Waals surface area contributed by atoms with Gasteiger partial charge >= 0.3 is 5.97 Å². The highest BCUT2D eigenvalue weighted by molar-refractivity contribution is 5.92. The second kappa shape index (κ2) is 4.77. The van der Waals surface area contributed by atoms with Gasteiger partial charge in [-0.2, -0.15) is 4.89 Å². The van der Waals surface area contributed by atoms with E-state index in [-0.39, 0.29) is 6.61 Å². The Morgan fingerprint density at radius 2 is 1.93 bits per heavy atom. The zero-order chi connectivity index (χ0) is 10.6. The molecular weight excluding hydrogens is 180 g/mol. The summed E-state index contributed by atoms with van der Waals surface area (Å²) in [5.41, 5.74) is 2.31. The van der Waals surface area contributed by atoms with Crippen molar-refractivity contribution in [3.8, 4) is 0 Å². The van der Waals surface area contributed by atoms with E-state index in [0.717, 1.165) is 11.1 Å². The first kappa shape index (κ1) is 10.7. The molecule has 0 aliphatic rings. The van der Waals surface area contributed by atoms with Gasteiger partial charge in [-0.05, 0) is 31.9 Å². The van der Waals surface area contributed by atoms with Gasteiger partial charge in [0.1, 0.15) is 0 Å². The molecule has 0 aliphatic heterocycles. The van der Waals surface area contributed by atoms with Crippen molar-refractivity contribution in [2.24, 2.45) is 0 Å². The predicted octanol–water partition coefficient (Wildman–Crippen LogP) is 2.23. The van der Waals surface area contributed by atoms with Crippen molar-refractivity contribution in [1.82, 2.24) is 0 Å².